The lowest BCUT2D eigenvalue weighted by atomic mass is 10.1. The van der Waals surface area contributed by atoms with Crippen LogP contribution in [0.4, 0.5) is 4.39 Å². The molecule has 2 rings (SSSR count). The summed E-state index contributed by atoms with van der Waals surface area (Å²) in [5.41, 5.74) is 1.38. The van der Waals surface area contributed by atoms with Crippen LogP contribution in [0.2, 0.25) is 0 Å². The molecule has 1 fully saturated rings. The Morgan fingerprint density at radius 1 is 1.40 bits per heavy atom. The van der Waals surface area contributed by atoms with Crippen LogP contribution in [-0.4, -0.2) is 42.5 Å². The van der Waals surface area contributed by atoms with Gasteiger partial charge in [-0.2, -0.15) is 5.26 Å². The Balaban J connectivity index is 2.19. The van der Waals surface area contributed by atoms with E-state index in [4.69, 9.17) is 5.26 Å². The molecule has 1 saturated heterocycles. The van der Waals surface area contributed by atoms with E-state index in [1.54, 1.807) is 6.07 Å². The molecule has 3 nitrogen and oxygen atoms in total. The van der Waals surface area contributed by atoms with Crippen molar-refractivity contribution < 1.29 is 4.39 Å². The van der Waals surface area contributed by atoms with Crippen LogP contribution >= 0.6 is 0 Å². The van der Waals surface area contributed by atoms with Crippen LogP contribution in [0.25, 0.3) is 0 Å². The van der Waals surface area contributed by atoms with Crippen LogP contribution in [0, 0.1) is 17.1 Å². The van der Waals surface area contributed by atoms with E-state index < -0.39 is 0 Å². The Labute approximate surface area is 120 Å². The van der Waals surface area contributed by atoms with Gasteiger partial charge in [0.2, 0.25) is 0 Å². The fraction of sp³-hybridized carbons (Fsp3) is 0.562. The van der Waals surface area contributed by atoms with Gasteiger partial charge in [0, 0.05) is 25.7 Å². The maximum Gasteiger partial charge on any atom is 0.123 e. The number of benzene rings is 1. The highest BCUT2D eigenvalue weighted by molar-refractivity contribution is 5.37. The van der Waals surface area contributed by atoms with Crippen LogP contribution < -0.4 is 0 Å². The third kappa shape index (κ3) is 3.56. The molecule has 1 aromatic carbocycles. The van der Waals surface area contributed by atoms with E-state index in [0.29, 0.717) is 18.2 Å². The summed E-state index contributed by atoms with van der Waals surface area (Å²) in [6.07, 6.45) is 2.19. The van der Waals surface area contributed by atoms with Gasteiger partial charge < -0.3 is 4.90 Å². The van der Waals surface area contributed by atoms with Crippen molar-refractivity contribution in [2.45, 2.75) is 32.4 Å². The summed E-state index contributed by atoms with van der Waals surface area (Å²) in [6.45, 7) is 5.99. The Morgan fingerprint density at radius 3 is 2.90 bits per heavy atom. The van der Waals surface area contributed by atoms with Crippen molar-refractivity contribution in [3.8, 4) is 6.07 Å². The van der Waals surface area contributed by atoms with Crippen LogP contribution in [0.3, 0.4) is 0 Å². The molecule has 0 aliphatic carbocycles. The summed E-state index contributed by atoms with van der Waals surface area (Å²) in [5.74, 6) is -0.265. The lowest BCUT2D eigenvalue weighted by molar-refractivity contribution is 0.175. The molecule has 4 heteroatoms. The molecular weight excluding hydrogens is 253 g/mol. The first-order valence-electron chi connectivity index (χ1n) is 7.25. The van der Waals surface area contributed by atoms with E-state index in [0.717, 1.165) is 38.0 Å². The van der Waals surface area contributed by atoms with Crippen LogP contribution in [-0.2, 0) is 6.54 Å². The maximum atomic E-state index is 13.4. The van der Waals surface area contributed by atoms with E-state index in [-0.39, 0.29) is 5.82 Å². The molecule has 1 aliphatic rings. The maximum absolute atomic E-state index is 13.4. The first-order chi connectivity index (χ1) is 9.63. The van der Waals surface area contributed by atoms with E-state index in [9.17, 15) is 4.39 Å². The minimum atomic E-state index is -0.265. The predicted octanol–water partition coefficient (Wildman–Crippen LogP) is 2.61. The van der Waals surface area contributed by atoms with Gasteiger partial charge in [0.05, 0.1) is 11.6 Å². The van der Waals surface area contributed by atoms with Crippen molar-refractivity contribution in [3.05, 3.63) is 35.1 Å². The summed E-state index contributed by atoms with van der Waals surface area (Å²) < 4.78 is 13.4. The van der Waals surface area contributed by atoms with Crippen molar-refractivity contribution in [1.82, 2.24) is 9.80 Å². The zero-order valence-electron chi connectivity index (χ0n) is 12.3. The van der Waals surface area contributed by atoms with Crippen LogP contribution in [0.15, 0.2) is 18.2 Å². The second kappa shape index (κ2) is 6.83. The summed E-state index contributed by atoms with van der Waals surface area (Å²) in [6, 6.07) is 7.07. The van der Waals surface area contributed by atoms with E-state index in [1.807, 2.05) is 0 Å². The van der Waals surface area contributed by atoms with E-state index >= 15 is 0 Å². The highest BCUT2D eigenvalue weighted by atomic mass is 19.1. The molecule has 0 radical (unpaired) electrons. The van der Waals surface area contributed by atoms with Crippen molar-refractivity contribution in [2.75, 3.05) is 26.7 Å². The quantitative estimate of drug-likeness (QED) is 0.849. The smallest absolute Gasteiger partial charge is 0.123 e. The van der Waals surface area contributed by atoms with Crippen LogP contribution in [0.5, 0.6) is 0 Å². The standard InChI is InChI=1S/C16H22FN3/c1-3-16-12-19(2)7-4-8-20(16)11-14-9-15(17)6-5-13(14)10-18/h5-6,9,16H,3-4,7-8,11-12H2,1-2H3. The van der Waals surface area contributed by atoms with Gasteiger partial charge >= 0.3 is 0 Å². The predicted molar refractivity (Wildman–Crippen MR) is 77.7 cm³/mol. The molecule has 20 heavy (non-hydrogen) atoms. The van der Waals surface area contributed by atoms with Gasteiger partial charge in [-0.3, -0.25) is 4.90 Å². The summed E-state index contributed by atoms with van der Waals surface area (Å²) in [7, 11) is 2.15. The number of hydrogen-bond donors (Lipinski definition) is 0. The highest BCUT2D eigenvalue weighted by Crippen LogP contribution is 2.18. The number of nitriles is 1. The van der Waals surface area contributed by atoms with Crippen molar-refractivity contribution in [3.63, 3.8) is 0 Å². The lowest BCUT2D eigenvalue weighted by Gasteiger charge is -2.30. The lowest BCUT2D eigenvalue weighted by Crippen LogP contribution is -2.39. The molecule has 1 aliphatic heterocycles. The minimum Gasteiger partial charge on any atom is -0.305 e. The first kappa shape index (κ1) is 15.0. The largest absolute Gasteiger partial charge is 0.305 e. The molecule has 0 saturated carbocycles. The second-order valence-corrected chi connectivity index (χ2v) is 5.56. The summed E-state index contributed by atoms with van der Waals surface area (Å²) >= 11 is 0. The Hall–Kier alpha value is -1.44. The van der Waals surface area contributed by atoms with E-state index in [1.165, 1.54) is 12.1 Å². The third-order valence-corrected chi connectivity index (χ3v) is 4.06. The van der Waals surface area contributed by atoms with Gasteiger partial charge in [-0.15, -0.1) is 0 Å². The Morgan fingerprint density at radius 2 is 2.20 bits per heavy atom. The van der Waals surface area contributed by atoms with Gasteiger partial charge in [0.15, 0.2) is 0 Å². The normalized spacial score (nSPS) is 21.4. The number of rotatable bonds is 3. The zero-order chi connectivity index (χ0) is 14.5. The first-order valence-corrected chi connectivity index (χ1v) is 7.25. The highest BCUT2D eigenvalue weighted by Gasteiger charge is 2.22. The van der Waals surface area contributed by atoms with Crippen molar-refractivity contribution in [2.24, 2.45) is 0 Å². The van der Waals surface area contributed by atoms with Crippen molar-refractivity contribution in [1.29, 1.82) is 5.26 Å². The van der Waals surface area contributed by atoms with Gasteiger partial charge in [-0.1, -0.05) is 6.92 Å². The number of likely N-dealkylation sites (N-methyl/N-ethyl adjacent to an activating group) is 1. The van der Waals surface area contributed by atoms with Gasteiger partial charge in [-0.05, 0) is 50.2 Å². The average Bonchev–Trinajstić information content (AvgIpc) is 2.61. The SMILES string of the molecule is CCC1CN(C)CCCN1Cc1cc(F)ccc1C#N. The summed E-state index contributed by atoms with van der Waals surface area (Å²) in [4.78, 5) is 4.74. The molecule has 0 bridgehead atoms. The second-order valence-electron chi connectivity index (χ2n) is 5.56. The molecular formula is C16H22FN3. The van der Waals surface area contributed by atoms with Gasteiger partial charge in [0.25, 0.3) is 0 Å². The molecule has 0 amide bonds. The number of hydrogen-bond acceptors (Lipinski definition) is 3. The number of nitrogens with zero attached hydrogens (tertiary/aromatic N) is 3. The Kier molecular flexibility index (Phi) is 5.11. The molecule has 108 valence electrons. The van der Waals surface area contributed by atoms with Crippen LogP contribution in [0.1, 0.15) is 30.9 Å². The minimum absolute atomic E-state index is 0.265. The topological polar surface area (TPSA) is 30.3 Å². The van der Waals surface area contributed by atoms with Gasteiger partial charge in [0.1, 0.15) is 5.82 Å². The molecule has 0 aromatic heterocycles. The zero-order valence-corrected chi connectivity index (χ0v) is 12.3. The fourth-order valence-corrected chi connectivity index (χ4v) is 2.91. The average molecular weight is 275 g/mol. The third-order valence-electron chi connectivity index (χ3n) is 4.06. The van der Waals surface area contributed by atoms with E-state index in [2.05, 4.69) is 29.8 Å². The monoisotopic (exact) mass is 275 g/mol. The molecule has 1 heterocycles. The molecule has 1 aromatic rings. The fourth-order valence-electron chi connectivity index (χ4n) is 2.91. The van der Waals surface area contributed by atoms with Gasteiger partial charge in [-0.25, -0.2) is 4.39 Å². The molecule has 1 atom stereocenters. The summed E-state index contributed by atoms with van der Waals surface area (Å²) in [5, 5.41) is 9.16. The Bertz CT molecular complexity index is 495. The molecule has 0 spiro atoms. The molecule has 1 unspecified atom stereocenters. The van der Waals surface area contributed by atoms with Crippen molar-refractivity contribution >= 4 is 0 Å². The molecule has 0 N–H and O–H groups in total. The number of halogens is 1.